The van der Waals surface area contributed by atoms with Gasteiger partial charge in [-0.3, -0.25) is 19.3 Å². The Hall–Kier alpha value is -2.57. The number of fused-ring (bicyclic) bond motifs is 1. The van der Waals surface area contributed by atoms with Gasteiger partial charge in [-0.1, -0.05) is 21.9 Å². The molecule has 35 heavy (non-hydrogen) atoms. The fourth-order valence-electron chi connectivity index (χ4n) is 3.76. The number of nitro groups is 1. The smallest absolute Gasteiger partial charge is 0.272 e. The molecule has 0 fully saturated rings. The number of sulfonamides is 1. The van der Waals surface area contributed by atoms with Crippen LogP contribution in [0.4, 0.5) is 11.4 Å². The van der Waals surface area contributed by atoms with Crippen LogP contribution in [0.3, 0.4) is 0 Å². The van der Waals surface area contributed by atoms with Gasteiger partial charge >= 0.3 is 0 Å². The number of hydrogen-bond acceptors (Lipinski definition) is 9. The number of aromatic nitrogens is 1. The van der Waals surface area contributed by atoms with Crippen molar-refractivity contribution < 1.29 is 25.9 Å². The highest BCUT2D eigenvalue weighted by atomic mass is 79.9. The average Bonchev–Trinajstić information content (AvgIpc) is 2.81. The minimum Gasteiger partial charge on any atom is -0.366 e. The summed E-state index contributed by atoms with van der Waals surface area (Å²) in [5.41, 5.74) is 1.34. The second-order valence-corrected chi connectivity index (χ2v) is 12.0. The third-order valence-corrected chi connectivity index (χ3v) is 8.16. The van der Waals surface area contributed by atoms with Crippen LogP contribution in [0, 0.1) is 22.5 Å². The minimum absolute atomic E-state index is 0.000287. The van der Waals surface area contributed by atoms with E-state index >= 15 is 0 Å². The van der Waals surface area contributed by atoms with E-state index in [0.717, 1.165) is 29.5 Å². The van der Waals surface area contributed by atoms with Crippen molar-refractivity contribution in [3.63, 3.8) is 0 Å². The first-order chi connectivity index (χ1) is 16.5. The standard InChI is InChI=1S/C21H23BrN4O7S2/c1-3-16-12-19(26(27)28)13-20(21(16)24(9-6-22)10-11-33-34(2,29)30)35(31,32)25-8-5-17-14-23-7-4-18(17)15-25/h1,4,7,12-14H,5-6,8-11,15H2,2H3. The van der Waals surface area contributed by atoms with E-state index in [1.54, 1.807) is 23.4 Å². The molecule has 0 bridgehead atoms. The third kappa shape index (κ3) is 6.36. The van der Waals surface area contributed by atoms with Crippen LogP contribution in [0.25, 0.3) is 0 Å². The van der Waals surface area contributed by atoms with Crippen molar-refractivity contribution in [2.45, 2.75) is 17.9 Å². The van der Waals surface area contributed by atoms with Crippen molar-refractivity contribution in [3.05, 3.63) is 57.4 Å². The third-order valence-electron chi connectivity index (χ3n) is 5.35. The average molecular weight is 587 g/mol. The van der Waals surface area contributed by atoms with Crippen LogP contribution in [0.5, 0.6) is 0 Å². The molecule has 1 aliphatic rings. The molecule has 2 heterocycles. The van der Waals surface area contributed by atoms with E-state index in [2.05, 4.69) is 26.8 Å². The van der Waals surface area contributed by atoms with Gasteiger partial charge in [0.1, 0.15) is 4.90 Å². The first-order valence-electron chi connectivity index (χ1n) is 10.3. The van der Waals surface area contributed by atoms with Gasteiger partial charge in [-0.05, 0) is 23.6 Å². The highest BCUT2D eigenvalue weighted by Gasteiger charge is 2.34. The molecule has 2 aromatic rings. The topological polar surface area (TPSA) is 140 Å². The van der Waals surface area contributed by atoms with E-state index in [0.29, 0.717) is 11.8 Å². The van der Waals surface area contributed by atoms with Crippen LogP contribution in [0.15, 0.2) is 35.5 Å². The number of terminal acetylenes is 1. The Morgan fingerprint density at radius 2 is 2.03 bits per heavy atom. The fraction of sp³-hybridized carbons (Fsp3) is 0.381. The van der Waals surface area contributed by atoms with Crippen LogP contribution >= 0.6 is 15.9 Å². The van der Waals surface area contributed by atoms with Gasteiger partial charge in [-0.15, -0.1) is 6.42 Å². The maximum Gasteiger partial charge on any atom is 0.272 e. The monoisotopic (exact) mass is 586 g/mol. The van der Waals surface area contributed by atoms with Crippen LogP contribution in [0.2, 0.25) is 0 Å². The number of hydrogen-bond donors (Lipinski definition) is 0. The van der Waals surface area contributed by atoms with E-state index in [9.17, 15) is 26.9 Å². The van der Waals surface area contributed by atoms with Crippen molar-refractivity contribution in [1.82, 2.24) is 9.29 Å². The fourth-order valence-corrected chi connectivity index (χ4v) is 6.24. The summed E-state index contributed by atoms with van der Waals surface area (Å²) in [6.07, 6.45) is 10.2. The largest absolute Gasteiger partial charge is 0.366 e. The molecule has 188 valence electrons. The van der Waals surface area contributed by atoms with Crippen molar-refractivity contribution in [2.24, 2.45) is 0 Å². The Morgan fingerprint density at radius 1 is 1.29 bits per heavy atom. The summed E-state index contributed by atoms with van der Waals surface area (Å²) in [4.78, 5) is 16.2. The molecule has 0 N–H and O–H groups in total. The zero-order chi connectivity index (χ0) is 25.8. The van der Waals surface area contributed by atoms with Gasteiger partial charge in [-0.25, -0.2) is 8.42 Å². The second kappa shape index (κ2) is 11.0. The van der Waals surface area contributed by atoms with Crippen LogP contribution in [-0.2, 0) is 37.3 Å². The first kappa shape index (κ1) is 27.0. The Balaban J connectivity index is 2.13. The molecular formula is C21H23BrN4O7S2. The number of nitrogens with zero attached hydrogens (tertiary/aromatic N) is 4. The SMILES string of the molecule is C#Cc1cc([N+](=O)[O-])cc(S(=O)(=O)N2CCc3cnccc3C2)c1N(CCBr)CCOS(C)(=O)=O. The van der Waals surface area contributed by atoms with Crippen molar-refractivity contribution in [3.8, 4) is 12.3 Å². The highest BCUT2D eigenvalue weighted by Crippen LogP contribution is 2.36. The lowest BCUT2D eigenvalue weighted by molar-refractivity contribution is -0.385. The maximum absolute atomic E-state index is 13.9. The number of non-ortho nitro benzene ring substituents is 1. The van der Waals surface area contributed by atoms with Crippen LogP contribution in [0.1, 0.15) is 16.7 Å². The summed E-state index contributed by atoms with van der Waals surface area (Å²) >= 11 is 3.31. The molecule has 0 unspecified atom stereocenters. The normalized spacial score (nSPS) is 14.2. The number of halogens is 1. The molecule has 1 aromatic carbocycles. The second-order valence-electron chi connectivity index (χ2n) is 7.68. The number of nitro benzene ring substituents is 1. The summed E-state index contributed by atoms with van der Waals surface area (Å²) in [7, 11) is -7.98. The van der Waals surface area contributed by atoms with Crippen LogP contribution < -0.4 is 4.90 Å². The molecule has 1 aliphatic heterocycles. The van der Waals surface area contributed by atoms with Gasteiger partial charge in [0, 0.05) is 56.0 Å². The number of benzene rings is 1. The van der Waals surface area contributed by atoms with Crippen molar-refractivity contribution in [2.75, 3.05) is 42.7 Å². The molecular weight excluding hydrogens is 564 g/mol. The van der Waals surface area contributed by atoms with Crippen molar-refractivity contribution >= 4 is 47.4 Å². The lowest BCUT2D eigenvalue weighted by Gasteiger charge is -2.31. The summed E-state index contributed by atoms with van der Waals surface area (Å²) in [5.74, 6) is 2.36. The molecule has 0 spiro atoms. The number of alkyl halides is 1. The number of rotatable bonds is 10. The molecule has 11 nitrogen and oxygen atoms in total. The molecule has 0 saturated heterocycles. The molecule has 3 rings (SSSR count). The predicted octanol–water partition coefficient (Wildman–Crippen LogP) is 1.90. The van der Waals surface area contributed by atoms with Gasteiger partial charge in [0.15, 0.2) is 0 Å². The molecule has 0 radical (unpaired) electrons. The first-order valence-corrected chi connectivity index (χ1v) is 14.7. The van der Waals surface area contributed by atoms with Gasteiger partial charge in [0.2, 0.25) is 10.0 Å². The Bertz CT molecular complexity index is 1370. The molecule has 14 heteroatoms. The van der Waals surface area contributed by atoms with Gasteiger partial charge in [0.25, 0.3) is 15.8 Å². The highest BCUT2D eigenvalue weighted by molar-refractivity contribution is 9.09. The lowest BCUT2D eigenvalue weighted by atomic mass is 10.0. The zero-order valence-corrected chi connectivity index (χ0v) is 22.0. The summed E-state index contributed by atoms with van der Waals surface area (Å²) in [5, 5.41) is 12.0. The van der Waals surface area contributed by atoms with Crippen LogP contribution in [-0.4, -0.2) is 68.9 Å². The van der Waals surface area contributed by atoms with E-state index < -0.39 is 30.8 Å². The summed E-state index contributed by atoms with van der Waals surface area (Å²) < 4.78 is 56.6. The summed E-state index contributed by atoms with van der Waals surface area (Å²) in [6, 6.07) is 3.86. The quantitative estimate of drug-likeness (QED) is 0.134. The number of anilines is 1. The van der Waals surface area contributed by atoms with Gasteiger partial charge in [0.05, 0.1) is 29.0 Å². The van der Waals surface area contributed by atoms with Gasteiger partial charge < -0.3 is 4.90 Å². The van der Waals surface area contributed by atoms with Gasteiger partial charge in [-0.2, -0.15) is 12.7 Å². The molecule has 0 aliphatic carbocycles. The molecule has 0 saturated carbocycles. The Labute approximate surface area is 212 Å². The molecule has 1 aromatic heterocycles. The van der Waals surface area contributed by atoms with E-state index in [1.807, 2.05) is 0 Å². The Kier molecular flexibility index (Phi) is 8.50. The van der Waals surface area contributed by atoms with Crippen molar-refractivity contribution in [1.29, 1.82) is 0 Å². The zero-order valence-electron chi connectivity index (χ0n) is 18.8. The van der Waals surface area contributed by atoms with E-state index in [-0.39, 0.29) is 48.9 Å². The lowest BCUT2D eigenvalue weighted by Crippen LogP contribution is -2.38. The Morgan fingerprint density at radius 3 is 2.66 bits per heavy atom. The number of pyridine rings is 1. The minimum atomic E-state index is -4.24. The molecule has 0 atom stereocenters. The summed E-state index contributed by atoms with van der Waals surface area (Å²) in [6.45, 7) is 0.169. The van der Waals surface area contributed by atoms with E-state index in [1.165, 1.54) is 4.31 Å². The molecule has 0 amide bonds. The van der Waals surface area contributed by atoms with E-state index in [4.69, 9.17) is 10.6 Å². The predicted molar refractivity (Wildman–Crippen MR) is 133 cm³/mol. The maximum atomic E-state index is 13.9.